The maximum atomic E-state index is 14.1. The van der Waals surface area contributed by atoms with Gasteiger partial charge in [0.05, 0.1) is 17.9 Å². The molecule has 104 valence electrons. The van der Waals surface area contributed by atoms with Crippen LogP contribution in [0.4, 0.5) is 8.78 Å². The molecule has 2 heterocycles. The minimum Gasteiger partial charge on any atom is -0.492 e. The number of ether oxygens (including phenoxy) is 1. The number of aromatic carboxylic acids is 1. The summed E-state index contributed by atoms with van der Waals surface area (Å²) < 4.78 is 34.3. The average Bonchev–Trinajstić information content (AvgIpc) is 2.97. The van der Waals surface area contributed by atoms with E-state index in [-0.39, 0.29) is 29.3 Å². The standard InChI is InChI=1S/C13H10F2N2O3/c1-17-10(5-9(16-17)13(18)19)11-8(15)4-7(14)6-2-3-20-12(6)11/h4-5H,2-3H2,1H3,(H,18,19). The number of carbonyl (C=O) groups is 1. The molecule has 2 aromatic rings. The molecule has 20 heavy (non-hydrogen) atoms. The lowest BCUT2D eigenvalue weighted by Gasteiger charge is -2.10. The summed E-state index contributed by atoms with van der Waals surface area (Å²) in [5.74, 6) is -2.54. The molecule has 1 aliphatic rings. The van der Waals surface area contributed by atoms with Crippen LogP contribution in [0, 0.1) is 11.6 Å². The normalized spacial score (nSPS) is 13.2. The quantitative estimate of drug-likeness (QED) is 0.913. The first-order valence-corrected chi connectivity index (χ1v) is 5.90. The second-order valence-electron chi connectivity index (χ2n) is 4.46. The highest BCUT2D eigenvalue weighted by Crippen LogP contribution is 2.40. The van der Waals surface area contributed by atoms with Crippen LogP contribution in [0.1, 0.15) is 16.1 Å². The number of hydrogen-bond acceptors (Lipinski definition) is 3. The van der Waals surface area contributed by atoms with Crippen LogP contribution < -0.4 is 4.74 Å². The first kappa shape index (κ1) is 12.6. The molecular formula is C13H10F2N2O3. The largest absolute Gasteiger partial charge is 0.492 e. The van der Waals surface area contributed by atoms with E-state index in [1.54, 1.807) is 0 Å². The number of carboxylic acid groups (broad SMARTS) is 1. The van der Waals surface area contributed by atoms with Crippen molar-refractivity contribution >= 4 is 5.97 Å². The van der Waals surface area contributed by atoms with E-state index in [9.17, 15) is 13.6 Å². The molecule has 0 radical (unpaired) electrons. The van der Waals surface area contributed by atoms with Crippen molar-refractivity contribution < 1.29 is 23.4 Å². The first-order valence-electron chi connectivity index (χ1n) is 5.90. The van der Waals surface area contributed by atoms with Crippen molar-refractivity contribution in [2.75, 3.05) is 6.61 Å². The van der Waals surface area contributed by atoms with Gasteiger partial charge in [-0.1, -0.05) is 0 Å². The van der Waals surface area contributed by atoms with Gasteiger partial charge in [-0.05, 0) is 6.07 Å². The van der Waals surface area contributed by atoms with Crippen molar-refractivity contribution in [3.05, 3.63) is 35.0 Å². The number of nitrogens with zero attached hydrogens (tertiary/aromatic N) is 2. The van der Waals surface area contributed by atoms with Crippen LogP contribution in [-0.4, -0.2) is 27.5 Å². The summed E-state index contributed by atoms with van der Waals surface area (Å²) in [6, 6.07) is 2.02. The predicted molar refractivity (Wildman–Crippen MR) is 64.7 cm³/mol. The second-order valence-corrected chi connectivity index (χ2v) is 4.46. The minimum absolute atomic E-state index is 0.0430. The molecule has 0 saturated heterocycles. The van der Waals surface area contributed by atoms with Gasteiger partial charge in [-0.25, -0.2) is 13.6 Å². The Labute approximate surface area is 112 Å². The highest BCUT2D eigenvalue weighted by molar-refractivity contribution is 5.87. The number of fused-ring (bicyclic) bond motifs is 1. The highest BCUT2D eigenvalue weighted by Gasteiger charge is 2.27. The molecule has 1 N–H and O–H groups in total. The zero-order valence-electron chi connectivity index (χ0n) is 10.5. The van der Waals surface area contributed by atoms with Gasteiger partial charge in [0, 0.05) is 25.1 Å². The fourth-order valence-corrected chi connectivity index (χ4v) is 2.33. The number of aryl methyl sites for hydroxylation is 1. The maximum Gasteiger partial charge on any atom is 0.356 e. The van der Waals surface area contributed by atoms with Crippen LogP contribution in [0.5, 0.6) is 5.75 Å². The molecule has 0 amide bonds. The monoisotopic (exact) mass is 280 g/mol. The van der Waals surface area contributed by atoms with Crippen LogP contribution in [0.2, 0.25) is 0 Å². The van der Waals surface area contributed by atoms with Crippen molar-refractivity contribution in [2.45, 2.75) is 6.42 Å². The smallest absolute Gasteiger partial charge is 0.356 e. The lowest BCUT2D eigenvalue weighted by atomic mass is 10.0. The first-order chi connectivity index (χ1) is 9.49. The summed E-state index contributed by atoms with van der Waals surface area (Å²) in [7, 11) is 1.49. The van der Waals surface area contributed by atoms with Crippen LogP contribution in [0.3, 0.4) is 0 Å². The molecule has 0 atom stereocenters. The SMILES string of the molecule is Cn1nc(C(=O)O)cc1-c1c(F)cc(F)c2c1OCC2. The summed E-state index contributed by atoms with van der Waals surface area (Å²) in [6.07, 6.45) is 0.359. The van der Waals surface area contributed by atoms with Gasteiger partial charge in [-0.15, -0.1) is 0 Å². The van der Waals surface area contributed by atoms with Gasteiger partial charge in [0.2, 0.25) is 0 Å². The molecule has 0 unspecified atom stereocenters. The van der Waals surface area contributed by atoms with Crippen molar-refractivity contribution in [3.8, 4) is 17.0 Å². The van der Waals surface area contributed by atoms with Gasteiger partial charge in [0.1, 0.15) is 17.4 Å². The third-order valence-corrected chi connectivity index (χ3v) is 3.24. The van der Waals surface area contributed by atoms with Crippen LogP contribution in [-0.2, 0) is 13.5 Å². The number of halogens is 2. The van der Waals surface area contributed by atoms with Gasteiger partial charge in [-0.3, -0.25) is 4.68 Å². The molecule has 0 saturated carbocycles. The fourth-order valence-electron chi connectivity index (χ4n) is 2.33. The van der Waals surface area contributed by atoms with Crippen LogP contribution in [0.25, 0.3) is 11.3 Å². The zero-order chi connectivity index (χ0) is 14.4. The van der Waals surface area contributed by atoms with E-state index in [4.69, 9.17) is 9.84 Å². The molecule has 0 spiro atoms. The van der Waals surface area contributed by atoms with Crippen LogP contribution in [0.15, 0.2) is 12.1 Å². The van der Waals surface area contributed by atoms with E-state index in [2.05, 4.69) is 5.10 Å². The third kappa shape index (κ3) is 1.74. The molecule has 1 aromatic heterocycles. The highest BCUT2D eigenvalue weighted by atomic mass is 19.1. The van der Waals surface area contributed by atoms with Crippen LogP contribution >= 0.6 is 0 Å². The van der Waals surface area contributed by atoms with E-state index >= 15 is 0 Å². The molecule has 7 heteroatoms. The van der Waals surface area contributed by atoms with Gasteiger partial charge in [0.25, 0.3) is 0 Å². The molecule has 0 aliphatic carbocycles. The summed E-state index contributed by atoms with van der Waals surface area (Å²) in [5, 5.41) is 12.7. The summed E-state index contributed by atoms with van der Waals surface area (Å²) >= 11 is 0. The Morgan fingerprint density at radius 2 is 2.15 bits per heavy atom. The zero-order valence-corrected chi connectivity index (χ0v) is 10.5. The van der Waals surface area contributed by atoms with Crippen molar-refractivity contribution in [3.63, 3.8) is 0 Å². The number of rotatable bonds is 2. The number of hydrogen-bond donors (Lipinski definition) is 1. The lowest BCUT2D eigenvalue weighted by molar-refractivity contribution is 0.0689. The number of carboxylic acids is 1. The van der Waals surface area contributed by atoms with Gasteiger partial charge in [-0.2, -0.15) is 5.10 Å². The summed E-state index contributed by atoms with van der Waals surface area (Å²) in [6.45, 7) is 0.270. The van der Waals surface area contributed by atoms with Crippen molar-refractivity contribution in [1.29, 1.82) is 0 Å². The van der Waals surface area contributed by atoms with Crippen molar-refractivity contribution in [2.24, 2.45) is 7.05 Å². The maximum absolute atomic E-state index is 14.1. The van der Waals surface area contributed by atoms with Gasteiger partial charge >= 0.3 is 5.97 Å². The molecule has 1 aliphatic heterocycles. The Kier molecular flexibility index (Phi) is 2.70. The summed E-state index contributed by atoms with van der Waals surface area (Å²) in [4.78, 5) is 10.9. The predicted octanol–water partition coefficient (Wildman–Crippen LogP) is 2.00. The molecule has 3 rings (SSSR count). The molecule has 1 aromatic carbocycles. The Morgan fingerprint density at radius 3 is 2.80 bits per heavy atom. The second kappa shape index (κ2) is 4.29. The van der Waals surface area contributed by atoms with E-state index in [0.29, 0.717) is 12.0 Å². The van der Waals surface area contributed by atoms with E-state index in [0.717, 1.165) is 6.07 Å². The lowest BCUT2D eigenvalue weighted by Crippen LogP contribution is -2.01. The van der Waals surface area contributed by atoms with E-state index in [1.165, 1.54) is 17.8 Å². The fraction of sp³-hybridized carbons (Fsp3) is 0.231. The van der Waals surface area contributed by atoms with Gasteiger partial charge in [0.15, 0.2) is 5.69 Å². The van der Waals surface area contributed by atoms with Gasteiger partial charge < -0.3 is 9.84 Å². The molecule has 0 bridgehead atoms. The van der Waals surface area contributed by atoms with E-state index in [1.807, 2.05) is 0 Å². The van der Waals surface area contributed by atoms with Crippen molar-refractivity contribution in [1.82, 2.24) is 9.78 Å². The number of benzene rings is 1. The topological polar surface area (TPSA) is 64.4 Å². The molecular weight excluding hydrogens is 270 g/mol. The Morgan fingerprint density at radius 1 is 1.40 bits per heavy atom. The average molecular weight is 280 g/mol. The third-order valence-electron chi connectivity index (χ3n) is 3.24. The molecule has 5 nitrogen and oxygen atoms in total. The van der Waals surface area contributed by atoms with E-state index < -0.39 is 17.6 Å². The molecule has 0 fully saturated rings. The summed E-state index contributed by atoms with van der Waals surface area (Å²) in [5.41, 5.74) is 0.372. The Balaban J connectivity index is 2.25. The number of aromatic nitrogens is 2. The Bertz CT molecular complexity index is 725. The Hall–Kier alpha value is -2.44. The minimum atomic E-state index is -1.22.